The van der Waals surface area contributed by atoms with Crippen molar-refractivity contribution >= 4 is 23.6 Å². The van der Waals surface area contributed by atoms with Gasteiger partial charge in [0.15, 0.2) is 0 Å². The van der Waals surface area contributed by atoms with Crippen molar-refractivity contribution in [2.45, 2.75) is 31.7 Å². The van der Waals surface area contributed by atoms with E-state index in [2.05, 4.69) is 22.2 Å². The number of likely N-dealkylation sites (N-methyl/N-ethyl adjacent to an activating group) is 1. The van der Waals surface area contributed by atoms with Crippen molar-refractivity contribution < 1.29 is 4.79 Å². The molecular weight excluding hydrogens is 286 g/mol. The van der Waals surface area contributed by atoms with Crippen molar-refractivity contribution in [1.29, 1.82) is 0 Å². The first-order valence-electron chi connectivity index (χ1n) is 7.43. The van der Waals surface area contributed by atoms with E-state index in [0.29, 0.717) is 17.7 Å². The fourth-order valence-electron chi connectivity index (χ4n) is 2.60. The predicted octanol–water partition coefficient (Wildman–Crippen LogP) is 2.74. The van der Waals surface area contributed by atoms with E-state index in [-0.39, 0.29) is 5.91 Å². The Bertz CT molecular complexity index is 481. The number of carbonyl (C=O) groups excluding carboxylic acids is 1. The van der Waals surface area contributed by atoms with Gasteiger partial charge >= 0.3 is 0 Å². The average molecular weight is 308 g/mol. The topological polar surface area (TPSA) is 45.2 Å². The Morgan fingerprint density at radius 3 is 2.90 bits per heavy atom. The number of hydrogen-bond donors (Lipinski definition) is 1. The minimum absolute atomic E-state index is 0.0789. The summed E-state index contributed by atoms with van der Waals surface area (Å²) >= 11 is 5.71. The number of nitrogens with one attached hydrogen (secondary N) is 1. The molecular formula is C16H22ClN3O. The van der Waals surface area contributed by atoms with Gasteiger partial charge in [-0.1, -0.05) is 30.5 Å². The summed E-state index contributed by atoms with van der Waals surface area (Å²) < 4.78 is 0. The van der Waals surface area contributed by atoms with Crippen LogP contribution in [0.25, 0.3) is 6.08 Å². The maximum Gasteiger partial charge on any atom is 0.244 e. The van der Waals surface area contributed by atoms with Gasteiger partial charge in [0.2, 0.25) is 5.91 Å². The molecule has 1 aliphatic carbocycles. The fraction of sp³-hybridized carbons (Fsp3) is 0.500. The van der Waals surface area contributed by atoms with E-state index in [0.717, 1.165) is 12.1 Å². The van der Waals surface area contributed by atoms with Gasteiger partial charge in [-0.2, -0.15) is 0 Å². The van der Waals surface area contributed by atoms with Crippen LogP contribution in [0.15, 0.2) is 24.4 Å². The normalized spacial score (nSPS) is 16.0. The van der Waals surface area contributed by atoms with Crippen molar-refractivity contribution in [2.24, 2.45) is 0 Å². The fourth-order valence-corrected chi connectivity index (χ4v) is 2.71. The van der Waals surface area contributed by atoms with Gasteiger partial charge in [-0.25, -0.2) is 4.98 Å². The Labute approximate surface area is 131 Å². The molecule has 1 fully saturated rings. The summed E-state index contributed by atoms with van der Waals surface area (Å²) in [4.78, 5) is 18.0. The SMILES string of the molecule is CN(CCNC(=O)C=Cc1ccc(Cl)nc1)C1CCCC1. The molecule has 5 heteroatoms. The van der Waals surface area contributed by atoms with Gasteiger partial charge < -0.3 is 10.2 Å². The second-order valence-electron chi connectivity index (χ2n) is 5.46. The Balaban J connectivity index is 1.68. The third-order valence-corrected chi connectivity index (χ3v) is 4.11. The van der Waals surface area contributed by atoms with Crippen molar-refractivity contribution in [2.75, 3.05) is 20.1 Å². The third-order valence-electron chi connectivity index (χ3n) is 3.89. The lowest BCUT2D eigenvalue weighted by atomic mass is 10.2. The predicted molar refractivity (Wildman–Crippen MR) is 86.2 cm³/mol. The minimum Gasteiger partial charge on any atom is -0.351 e. The highest BCUT2D eigenvalue weighted by Gasteiger charge is 2.18. The number of carbonyl (C=O) groups is 1. The lowest BCUT2D eigenvalue weighted by Crippen LogP contribution is -2.36. The van der Waals surface area contributed by atoms with Crippen LogP contribution in [0.1, 0.15) is 31.2 Å². The molecule has 0 bridgehead atoms. The highest BCUT2D eigenvalue weighted by Crippen LogP contribution is 2.21. The molecule has 0 spiro atoms. The van der Waals surface area contributed by atoms with Gasteiger partial charge in [0.1, 0.15) is 5.15 Å². The van der Waals surface area contributed by atoms with E-state index in [9.17, 15) is 4.79 Å². The molecule has 0 saturated heterocycles. The number of halogens is 1. The molecule has 1 heterocycles. The first kappa shape index (κ1) is 16.0. The number of amides is 1. The number of pyridine rings is 1. The Hall–Kier alpha value is -1.39. The van der Waals surface area contributed by atoms with Crippen LogP contribution in [0.3, 0.4) is 0 Å². The highest BCUT2D eigenvalue weighted by atomic mass is 35.5. The zero-order chi connectivity index (χ0) is 15.1. The molecule has 21 heavy (non-hydrogen) atoms. The quantitative estimate of drug-likeness (QED) is 0.649. The molecule has 1 aliphatic rings. The molecule has 114 valence electrons. The molecule has 1 N–H and O–H groups in total. The lowest BCUT2D eigenvalue weighted by molar-refractivity contribution is -0.116. The van der Waals surface area contributed by atoms with Crippen LogP contribution in [0.4, 0.5) is 0 Å². The zero-order valence-corrected chi connectivity index (χ0v) is 13.1. The van der Waals surface area contributed by atoms with E-state index in [1.807, 2.05) is 6.07 Å². The smallest absolute Gasteiger partial charge is 0.244 e. The first-order chi connectivity index (χ1) is 10.1. The van der Waals surface area contributed by atoms with Crippen molar-refractivity contribution in [3.8, 4) is 0 Å². The van der Waals surface area contributed by atoms with E-state index in [1.54, 1.807) is 18.3 Å². The molecule has 0 unspecified atom stereocenters. The van der Waals surface area contributed by atoms with Crippen LogP contribution in [0.2, 0.25) is 5.15 Å². The Kier molecular flexibility index (Phi) is 6.21. The van der Waals surface area contributed by atoms with Crippen LogP contribution < -0.4 is 5.32 Å². The van der Waals surface area contributed by atoms with Crippen LogP contribution in [0, 0.1) is 0 Å². The summed E-state index contributed by atoms with van der Waals surface area (Å²) in [5.41, 5.74) is 0.859. The van der Waals surface area contributed by atoms with Crippen LogP contribution >= 0.6 is 11.6 Å². The van der Waals surface area contributed by atoms with E-state index in [4.69, 9.17) is 11.6 Å². The van der Waals surface area contributed by atoms with E-state index in [1.165, 1.54) is 31.8 Å². The van der Waals surface area contributed by atoms with Gasteiger partial charge in [-0.05, 0) is 37.6 Å². The molecule has 4 nitrogen and oxygen atoms in total. The third kappa shape index (κ3) is 5.48. The van der Waals surface area contributed by atoms with Crippen LogP contribution in [0.5, 0.6) is 0 Å². The van der Waals surface area contributed by atoms with Crippen molar-refractivity contribution in [1.82, 2.24) is 15.2 Å². The van der Waals surface area contributed by atoms with E-state index >= 15 is 0 Å². The maximum absolute atomic E-state index is 11.7. The average Bonchev–Trinajstić information content (AvgIpc) is 3.01. The molecule has 2 rings (SSSR count). The van der Waals surface area contributed by atoms with Crippen LogP contribution in [-0.2, 0) is 4.79 Å². The molecule has 1 aromatic rings. The highest BCUT2D eigenvalue weighted by molar-refractivity contribution is 6.29. The largest absolute Gasteiger partial charge is 0.351 e. The van der Waals surface area contributed by atoms with Crippen molar-refractivity contribution in [3.05, 3.63) is 35.1 Å². The summed E-state index contributed by atoms with van der Waals surface area (Å²) in [5, 5.41) is 3.36. The van der Waals surface area contributed by atoms with Gasteiger partial charge in [-0.3, -0.25) is 4.79 Å². The van der Waals surface area contributed by atoms with E-state index < -0.39 is 0 Å². The number of hydrogen-bond acceptors (Lipinski definition) is 3. The lowest BCUT2D eigenvalue weighted by Gasteiger charge is -2.23. The van der Waals surface area contributed by atoms with Gasteiger partial charge in [0.25, 0.3) is 0 Å². The molecule has 0 atom stereocenters. The van der Waals surface area contributed by atoms with Crippen LogP contribution in [-0.4, -0.2) is 42.0 Å². The molecule has 0 aromatic carbocycles. The minimum atomic E-state index is -0.0789. The van der Waals surface area contributed by atoms with Gasteiger partial charge in [0.05, 0.1) is 0 Å². The summed E-state index contributed by atoms with van der Waals surface area (Å²) in [6, 6.07) is 4.22. The summed E-state index contributed by atoms with van der Waals surface area (Å²) in [7, 11) is 2.14. The summed E-state index contributed by atoms with van der Waals surface area (Å²) in [5.74, 6) is -0.0789. The number of rotatable bonds is 6. The summed E-state index contributed by atoms with van der Waals surface area (Å²) in [6.45, 7) is 1.57. The maximum atomic E-state index is 11.7. The standard InChI is InChI=1S/C16H22ClN3O/c1-20(14-4-2-3-5-14)11-10-18-16(21)9-7-13-6-8-15(17)19-12-13/h6-9,12,14H,2-5,10-11H2,1H3,(H,18,21). The monoisotopic (exact) mass is 307 g/mol. The molecule has 0 aliphatic heterocycles. The summed E-state index contributed by atoms with van der Waals surface area (Å²) in [6.07, 6.45) is 10.1. The van der Waals surface area contributed by atoms with Gasteiger partial charge in [0, 0.05) is 31.4 Å². The molecule has 0 radical (unpaired) electrons. The first-order valence-corrected chi connectivity index (χ1v) is 7.80. The number of aromatic nitrogens is 1. The van der Waals surface area contributed by atoms with Crippen molar-refractivity contribution in [3.63, 3.8) is 0 Å². The molecule has 1 amide bonds. The number of nitrogens with zero attached hydrogens (tertiary/aromatic N) is 2. The van der Waals surface area contributed by atoms with Gasteiger partial charge in [-0.15, -0.1) is 0 Å². The Morgan fingerprint density at radius 1 is 1.48 bits per heavy atom. The Morgan fingerprint density at radius 2 is 2.24 bits per heavy atom. The zero-order valence-electron chi connectivity index (χ0n) is 12.4. The molecule has 1 aromatic heterocycles. The molecule has 1 saturated carbocycles. The second-order valence-corrected chi connectivity index (χ2v) is 5.84. The second kappa shape index (κ2) is 8.15.